The third-order valence-electron chi connectivity index (χ3n) is 3.64. The Kier molecular flexibility index (Phi) is 4.69. The zero-order valence-corrected chi connectivity index (χ0v) is 14.0. The molecule has 116 valence electrons. The van der Waals surface area contributed by atoms with Crippen molar-refractivity contribution in [1.82, 2.24) is 9.88 Å². The van der Waals surface area contributed by atoms with Crippen molar-refractivity contribution in [2.75, 3.05) is 24.6 Å². The SMILES string of the molecule is C[C@@H]1CN(C(=O)c2nc(-c3ccccc3)cs2)CC[S@@](=O)C1. The van der Waals surface area contributed by atoms with Gasteiger partial charge in [-0.1, -0.05) is 37.3 Å². The van der Waals surface area contributed by atoms with Crippen molar-refractivity contribution in [2.24, 2.45) is 5.92 Å². The van der Waals surface area contributed by atoms with Crippen LogP contribution in [0.5, 0.6) is 0 Å². The number of aromatic nitrogens is 1. The molecule has 0 bridgehead atoms. The van der Waals surface area contributed by atoms with Crippen molar-refractivity contribution >= 4 is 28.0 Å². The van der Waals surface area contributed by atoms with Crippen LogP contribution in [-0.4, -0.2) is 44.6 Å². The number of rotatable bonds is 2. The van der Waals surface area contributed by atoms with E-state index in [-0.39, 0.29) is 11.8 Å². The smallest absolute Gasteiger partial charge is 0.282 e. The predicted molar refractivity (Wildman–Crippen MR) is 90.5 cm³/mol. The van der Waals surface area contributed by atoms with Gasteiger partial charge in [0.05, 0.1) is 5.69 Å². The van der Waals surface area contributed by atoms with Gasteiger partial charge >= 0.3 is 0 Å². The maximum Gasteiger partial charge on any atom is 0.282 e. The fourth-order valence-corrected chi connectivity index (χ4v) is 4.69. The van der Waals surface area contributed by atoms with Crippen molar-refractivity contribution < 1.29 is 9.00 Å². The standard InChI is InChI=1S/C16H18N2O2S2/c1-12-9-18(7-8-22(20)11-12)16(19)15-17-14(10-21-15)13-5-3-2-4-6-13/h2-6,10,12H,7-9,11H2,1H3/t12-,22-/m1/s1. The summed E-state index contributed by atoms with van der Waals surface area (Å²) in [5.74, 6) is 1.46. The van der Waals surface area contributed by atoms with E-state index < -0.39 is 10.8 Å². The number of hydrogen-bond donors (Lipinski definition) is 0. The van der Waals surface area contributed by atoms with Crippen LogP contribution in [-0.2, 0) is 10.8 Å². The fourth-order valence-electron chi connectivity index (χ4n) is 2.57. The van der Waals surface area contributed by atoms with Crippen LogP contribution >= 0.6 is 11.3 Å². The maximum absolute atomic E-state index is 12.6. The Morgan fingerprint density at radius 2 is 2.14 bits per heavy atom. The average molecular weight is 334 g/mol. The quantitative estimate of drug-likeness (QED) is 0.848. The molecule has 2 atom stereocenters. The van der Waals surface area contributed by atoms with E-state index in [1.807, 2.05) is 42.6 Å². The van der Waals surface area contributed by atoms with E-state index in [1.54, 1.807) is 4.90 Å². The maximum atomic E-state index is 12.6. The molecule has 0 N–H and O–H groups in total. The molecule has 1 aromatic carbocycles. The van der Waals surface area contributed by atoms with Gasteiger partial charge in [0.25, 0.3) is 5.91 Å². The summed E-state index contributed by atoms with van der Waals surface area (Å²) in [6, 6.07) is 9.85. The van der Waals surface area contributed by atoms with E-state index >= 15 is 0 Å². The Morgan fingerprint density at radius 3 is 2.91 bits per heavy atom. The van der Waals surface area contributed by atoms with Gasteiger partial charge < -0.3 is 4.90 Å². The van der Waals surface area contributed by atoms with E-state index in [4.69, 9.17) is 0 Å². The van der Waals surface area contributed by atoms with Crippen molar-refractivity contribution in [2.45, 2.75) is 6.92 Å². The molecule has 1 aromatic heterocycles. The third kappa shape index (κ3) is 3.44. The molecule has 2 aromatic rings. The minimum atomic E-state index is -0.817. The molecule has 4 nitrogen and oxygen atoms in total. The summed E-state index contributed by atoms with van der Waals surface area (Å²) in [6.07, 6.45) is 0. The topological polar surface area (TPSA) is 50.3 Å². The van der Waals surface area contributed by atoms with Crippen molar-refractivity contribution in [3.8, 4) is 11.3 Å². The highest BCUT2D eigenvalue weighted by molar-refractivity contribution is 7.85. The van der Waals surface area contributed by atoms with E-state index in [0.717, 1.165) is 11.3 Å². The minimum absolute atomic E-state index is 0.0436. The molecule has 1 amide bonds. The minimum Gasteiger partial charge on any atom is -0.335 e. The Labute approximate surface area is 136 Å². The summed E-state index contributed by atoms with van der Waals surface area (Å²) in [5.41, 5.74) is 1.85. The first-order chi connectivity index (χ1) is 10.6. The van der Waals surface area contributed by atoms with Crippen LogP contribution in [0.25, 0.3) is 11.3 Å². The van der Waals surface area contributed by atoms with Crippen LogP contribution in [0, 0.1) is 5.92 Å². The molecular weight excluding hydrogens is 316 g/mol. The summed E-state index contributed by atoms with van der Waals surface area (Å²) in [7, 11) is -0.817. The second-order valence-corrected chi connectivity index (χ2v) is 8.05. The molecule has 0 saturated carbocycles. The van der Waals surface area contributed by atoms with Gasteiger partial charge in [0.2, 0.25) is 0 Å². The van der Waals surface area contributed by atoms with Gasteiger partial charge in [-0.2, -0.15) is 0 Å². The Morgan fingerprint density at radius 1 is 1.36 bits per heavy atom. The number of benzene rings is 1. The lowest BCUT2D eigenvalue weighted by molar-refractivity contribution is 0.0751. The fraction of sp³-hybridized carbons (Fsp3) is 0.375. The number of carbonyl (C=O) groups is 1. The lowest BCUT2D eigenvalue weighted by Gasteiger charge is -2.20. The molecule has 0 aliphatic carbocycles. The average Bonchev–Trinajstić information content (AvgIpc) is 2.94. The summed E-state index contributed by atoms with van der Waals surface area (Å²) >= 11 is 1.38. The molecule has 22 heavy (non-hydrogen) atoms. The molecule has 1 aliphatic heterocycles. The van der Waals surface area contributed by atoms with Crippen molar-refractivity contribution in [3.63, 3.8) is 0 Å². The highest BCUT2D eigenvalue weighted by Crippen LogP contribution is 2.23. The molecule has 1 saturated heterocycles. The molecule has 1 aliphatic rings. The van der Waals surface area contributed by atoms with Gasteiger partial charge in [-0.15, -0.1) is 11.3 Å². The molecule has 2 heterocycles. The second-order valence-electron chi connectivity index (χ2n) is 5.57. The predicted octanol–water partition coefficient (Wildman–Crippen LogP) is 2.65. The van der Waals surface area contributed by atoms with Gasteiger partial charge in [0, 0.05) is 46.3 Å². The summed E-state index contributed by atoms with van der Waals surface area (Å²) < 4.78 is 11.7. The van der Waals surface area contributed by atoms with Crippen LogP contribution in [0.1, 0.15) is 16.7 Å². The van der Waals surface area contributed by atoms with Gasteiger partial charge in [-0.25, -0.2) is 4.98 Å². The Balaban J connectivity index is 1.78. The summed E-state index contributed by atoms with van der Waals surface area (Å²) in [5, 5.41) is 2.43. The number of nitrogens with zero attached hydrogens (tertiary/aromatic N) is 2. The van der Waals surface area contributed by atoms with Crippen LogP contribution in [0.15, 0.2) is 35.7 Å². The summed E-state index contributed by atoms with van der Waals surface area (Å²) in [4.78, 5) is 18.9. The van der Waals surface area contributed by atoms with Crippen molar-refractivity contribution in [3.05, 3.63) is 40.7 Å². The molecule has 0 radical (unpaired) electrons. The monoisotopic (exact) mass is 334 g/mol. The van der Waals surface area contributed by atoms with E-state index in [9.17, 15) is 9.00 Å². The van der Waals surface area contributed by atoms with Gasteiger partial charge in [-0.05, 0) is 5.92 Å². The van der Waals surface area contributed by atoms with E-state index in [0.29, 0.717) is 29.6 Å². The molecular formula is C16H18N2O2S2. The zero-order chi connectivity index (χ0) is 15.5. The largest absolute Gasteiger partial charge is 0.335 e. The number of thiazole rings is 1. The number of amides is 1. The number of carbonyl (C=O) groups excluding carboxylic acids is 1. The van der Waals surface area contributed by atoms with Gasteiger partial charge in [-0.3, -0.25) is 9.00 Å². The first kappa shape index (κ1) is 15.4. The van der Waals surface area contributed by atoms with Crippen LogP contribution < -0.4 is 0 Å². The van der Waals surface area contributed by atoms with Gasteiger partial charge in [0.1, 0.15) is 0 Å². The summed E-state index contributed by atoms with van der Waals surface area (Å²) in [6.45, 7) is 3.25. The Bertz CT molecular complexity index is 684. The van der Waals surface area contributed by atoms with Crippen LogP contribution in [0.2, 0.25) is 0 Å². The molecule has 0 unspecified atom stereocenters. The molecule has 3 rings (SSSR count). The number of hydrogen-bond acceptors (Lipinski definition) is 4. The molecule has 0 spiro atoms. The lowest BCUT2D eigenvalue weighted by Crippen LogP contribution is -2.35. The Hall–Kier alpha value is -1.53. The van der Waals surface area contributed by atoms with E-state index in [1.165, 1.54) is 11.3 Å². The second kappa shape index (κ2) is 6.71. The highest BCUT2D eigenvalue weighted by Gasteiger charge is 2.25. The van der Waals surface area contributed by atoms with Crippen LogP contribution in [0.3, 0.4) is 0 Å². The first-order valence-corrected chi connectivity index (χ1v) is 9.65. The van der Waals surface area contributed by atoms with Crippen LogP contribution in [0.4, 0.5) is 0 Å². The van der Waals surface area contributed by atoms with E-state index in [2.05, 4.69) is 4.98 Å². The van der Waals surface area contributed by atoms with Crippen molar-refractivity contribution in [1.29, 1.82) is 0 Å². The first-order valence-electron chi connectivity index (χ1n) is 7.28. The zero-order valence-electron chi connectivity index (χ0n) is 12.4. The normalized spacial score (nSPS) is 22.3. The lowest BCUT2D eigenvalue weighted by atomic mass is 10.2. The van der Waals surface area contributed by atoms with Gasteiger partial charge in [0.15, 0.2) is 5.01 Å². The molecule has 6 heteroatoms. The highest BCUT2D eigenvalue weighted by atomic mass is 32.2. The third-order valence-corrected chi connectivity index (χ3v) is 6.04. The molecule has 1 fully saturated rings.